The van der Waals surface area contributed by atoms with Gasteiger partial charge in [0.15, 0.2) is 11.5 Å². The molecule has 3 aromatic rings. The summed E-state index contributed by atoms with van der Waals surface area (Å²) in [6, 6.07) is 9.96. The predicted octanol–water partition coefficient (Wildman–Crippen LogP) is 2.70. The minimum Gasteiger partial charge on any atom is -0.494 e. The molecule has 0 saturated heterocycles. The highest BCUT2D eigenvalue weighted by molar-refractivity contribution is 5.97. The third-order valence-corrected chi connectivity index (χ3v) is 5.28. The smallest absolute Gasteiger partial charge is 0.326 e. The van der Waals surface area contributed by atoms with Gasteiger partial charge in [0.05, 0.1) is 6.61 Å². The lowest BCUT2D eigenvalue weighted by Crippen LogP contribution is -2.43. The maximum Gasteiger partial charge on any atom is 0.326 e. The van der Waals surface area contributed by atoms with Crippen LogP contribution in [-0.4, -0.2) is 53.7 Å². The van der Waals surface area contributed by atoms with Crippen LogP contribution in [0.3, 0.4) is 0 Å². The Morgan fingerprint density at radius 3 is 2.80 bits per heavy atom. The van der Waals surface area contributed by atoms with Gasteiger partial charge in [-0.15, -0.1) is 0 Å². The summed E-state index contributed by atoms with van der Waals surface area (Å²) >= 11 is 0. The molecule has 0 spiro atoms. The fourth-order valence-corrected chi connectivity index (χ4v) is 3.50. The van der Waals surface area contributed by atoms with Crippen LogP contribution in [0.2, 0.25) is 0 Å². The van der Waals surface area contributed by atoms with E-state index >= 15 is 0 Å². The van der Waals surface area contributed by atoms with Gasteiger partial charge in [-0.05, 0) is 42.7 Å². The summed E-state index contributed by atoms with van der Waals surface area (Å²) in [7, 11) is 0. The standard InChI is InChI=1S/C24H26FN5O5/c25-16-6-9-18-20(14-16)35-24(28-18)29-19(22(32)33)13-15-4-7-17(8-5-15)34-12-1-3-21(31)30-23-26-10-2-11-27-23/h4-9,14,19H,1-3,10-13H2,(H,28,29)(H,32,33)(H2,26,27,30,31). The fraction of sp³-hybridized carbons (Fsp3) is 0.333. The normalized spacial score (nSPS) is 14.0. The zero-order valence-corrected chi connectivity index (χ0v) is 18.9. The molecule has 0 radical (unpaired) electrons. The number of nitrogens with one attached hydrogen (secondary N) is 3. The number of aliphatic carboxylic acids is 1. The van der Waals surface area contributed by atoms with Gasteiger partial charge in [0.1, 0.15) is 23.1 Å². The molecule has 35 heavy (non-hydrogen) atoms. The maximum absolute atomic E-state index is 13.3. The molecule has 0 aliphatic carbocycles. The first kappa shape index (κ1) is 24.0. The molecule has 1 aliphatic heterocycles. The van der Waals surface area contributed by atoms with Gasteiger partial charge in [0, 0.05) is 32.0 Å². The van der Waals surface area contributed by atoms with E-state index in [1.54, 1.807) is 24.3 Å². The molecule has 4 N–H and O–H groups in total. The molecule has 1 unspecified atom stereocenters. The highest BCUT2D eigenvalue weighted by Gasteiger charge is 2.20. The van der Waals surface area contributed by atoms with Crippen molar-refractivity contribution in [3.05, 3.63) is 53.8 Å². The maximum atomic E-state index is 13.3. The van der Waals surface area contributed by atoms with Gasteiger partial charge >= 0.3 is 5.97 Å². The van der Waals surface area contributed by atoms with E-state index in [-0.39, 0.29) is 23.9 Å². The lowest BCUT2D eigenvalue weighted by molar-refractivity contribution is -0.138. The number of carbonyl (C=O) groups excluding carboxylic acids is 1. The summed E-state index contributed by atoms with van der Waals surface area (Å²) in [5, 5.41) is 18.1. The van der Waals surface area contributed by atoms with Gasteiger partial charge < -0.3 is 24.9 Å². The van der Waals surface area contributed by atoms with Crippen LogP contribution < -0.4 is 20.7 Å². The van der Waals surface area contributed by atoms with Crippen molar-refractivity contribution in [2.24, 2.45) is 4.99 Å². The van der Waals surface area contributed by atoms with Crippen molar-refractivity contribution < 1.29 is 28.2 Å². The van der Waals surface area contributed by atoms with Crippen molar-refractivity contribution in [1.82, 2.24) is 15.6 Å². The molecule has 2 aromatic carbocycles. The molecule has 10 nitrogen and oxygen atoms in total. The van der Waals surface area contributed by atoms with E-state index < -0.39 is 17.8 Å². The van der Waals surface area contributed by atoms with Crippen LogP contribution in [0.25, 0.3) is 11.1 Å². The molecule has 0 fully saturated rings. The van der Waals surface area contributed by atoms with Crippen LogP contribution in [0.15, 0.2) is 51.9 Å². The van der Waals surface area contributed by atoms with Crippen LogP contribution in [0.4, 0.5) is 10.4 Å². The largest absolute Gasteiger partial charge is 0.494 e. The molecule has 2 heterocycles. The van der Waals surface area contributed by atoms with Gasteiger partial charge in [-0.3, -0.25) is 15.1 Å². The Bertz CT molecular complexity index is 1210. The molecule has 184 valence electrons. The van der Waals surface area contributed by atoms with E-state index in [2.05, 4.69) is 25.9 Å². The number of halogens is 1. The lowest BCUT2D eigenvalue weighted by atomic mass is 10.1. The number of guanidine groups is 1. The molecule has 0 bridgehead atoms. The van der Waals surface area contributed by atoms with E-state index in [1.165, 1.54) is 18.2 Å². The van der Waals surface area contributed by atoms with Gasteiger partial charge in [-0.1, -0.05) is 12.1 Å². The summed E-state index contributed by atoms with van der Waals surface area (Å²) in [6.07, 6.45) is 1.98. The number of oxazole rings is 1. The average molecular weight is 484 g/mol. The number of carbonyl (C=O) groups is 2. The number of anilines is 1. The van der Waals surface area contributed by atoms with E-state index in [9.17, 15) is 19.1 Å². The summed E-state index contributed by atoms with van der Waals surface area (Å²) in [5.41, 5.74) is 1.42. The zero-order valence-electron chi connectivity index (χ0n) is 18.9. The number of carboxylic acids is 1. The minimum atomic E-state index is -1.08. The number of fused-ring (bicyclic) bond motifs is 1. The first-order chi connectivity index (χ1) is 17.0. The van der Waals surface area contributed by atoms with E-state index in [0.29, 0.717) is 43.2 Å². The van der Waals surface area contributed by atoms with Crippen LogP contribution >= 0.6 is 0 Å². The highest BCUT2D eigenvalue weighted by atomic mass is 19.1. The van der Waals surface area contributed by atoms with Crippen LogP contribution in [-0.2, 0) is 16.0 Å². The van der Waals surface area contributed by atoms with Gasteiger partial charge in [-0.25, -0.2) is 9.18 Å². The quantitative estimate of drug-likeness (QED) is 0.323. The molecule has 11 heteroatoms. The Morgan fingerprint density at radius 1 is 1.23 bits per heavy atom. The number of carboxylic acid groups (broad SMARTS) is 1. The Balaban J connectivity index is 1.24. The first-order valence-electron chi connectivity index (χ1n) is 11.3. The molecule has 4 rings (SSSR count). The molecule has 1 aromatic heterocycles. The number of aromatic nitrogens is 1. The van der Waals surface area contributed by atoms with Crippen molar-refractivity contribution in [1.29, 1.82) is 0 Å². The van der Waals surface area contributed by atoms with E-state index in [1.807, 2.05) is 0 Å². The summed E-state index contributed by atoms with van der Waals surface area (Å²) in [4.78, 5) is 32.0. The Labute approximate surface area is 200 Å². The third-order valence-electron chi connectivity index (χ3n) is 5.28. The van der Waals surface area contributed by atoms with Crippen molar-refractivity contribution >= 4 is 35.0 Å². The summed E-state index contributed by atoms with van der Waals surface area (Å²) in [6.45, 7) is 1.88. The highest BCUT2D eigenvalue weighted by Crippen LogP contribution is 2.21. The molecule has 1 amide bonds. The molecule has 1 aliphatic rings. The van der Waals surface area contributed by atoms with Crippen molar-refractivity contribution in [2.75, 3.05) is 25.0 Å². The van der Waals surface area contributed by atoms with Crippen molar-refractivity contribution in [2.45, 2.75) is 31.7 Å². The SMILES string of the molecule is O=C(CCCOc1ccc(CC(Nc2nc3ccc(F)cc3o2)C(=O)O)cc1)NC1=NCCCN1. The Kier molecular flexibility index (Phi) is 7.76. The number of ether oxygens (including phenoxy) is 1. The van der Waals surface area contributed by atoms with Gasteiger partial charge in [0.25, 0.3) is 6.01 Å². The van der Waals surface area contributed by atoms with Gasteiger partial charge in [0.2, 0.25) is 5.91 Å². The molecule has 0 saturated carbocycles. The number of nitrogens with zero attached hydrogens (tertiary/aromatic N) is 2. The van der Waals surface area contributed by atoms with Crippen LogP contribution in [0.5, 0.6) is 5.75 Å². The Hall–Kier alpha value is -4.15. The zero-order chi connectivity index (χ0) is 24.6. The number of hydrogen-bond acceptors (Lipinski definition) is 8. The predicted molar refractivity (Wildman–Crippen MR) is 127 cm³/mol. The minimum absolute atomic E-state index is 0.00771. The van der Waals surface area contributed by atoms with Crippen LogP contribution in [0, 0.1) is 5.82 Å². The lowest BCUT2D eigenvalue weighted by Gasteiger charge is -2.15. The van der Waals surface area contributed by atoms with E-state index in [4.69, 9.17) is 9.15 Å². The second kappa shape index (κ2) is 11.3. The average Bonchev–Trinajstić information content (AvgIpc) is 3.24. The van der Waals surface area contributed by atoms with Crippen LogP contribution in [0.1, 0.15) is 24.8 Å². The van der Waals surface area contributed by atoms with Crippen molar-refractivity contribution in [3.8, 4) is 5.75 Å². The number of hydrogen-bond donors (Lipinski definition) is 4. The second-order valence-electron chi connectivity index (χ2n) is 8.03. The topological polar surface area (TPSA) is 138 Å². The number of aliphatic imine (C=N–C) groups is 1. The third kappa shape index (κ3) is 6.92. The number of benzene rings is 2. The molecular formula is C24H26FN5O5. The second-order valence-corrected chi connectivity index (χ2v) is 8.03. The van der Waals surface area contributed by atoms with E-state index in [0.717, 1.165) is 18.5 Å². The first-order valence-corrected chi connectivity index (χ1v) is 11.3. The summed E-state index contributed by atoms with van der Waals surface area (Å²) in [5.74, 6) is -0.516. The Morgan fingerprint density at radius 2 is 2.06 bits per heavy atom. The molecule has 1 atom stereocenters. The van der Waals surface area contributed by atoms with Crippen molar-refractivity contribution in [3.63, 3.8) is 0 Å². The fourth-order valence-electron chi connectivity index (χ4n) is 3.50. The van der Waals surface area contributed by atoms with Gasteiger partial charge in [-0.2, -0.15) is 4.98 Å². The monoisotopic (exact) mass is 483 g/mol. The molecular weight excluding hydrogens is 457 g/mol. The number of amides is 1. The summed E-state index contributed by atoms with van der Waals surface area (Å²) < 4.78 is 24.4. The number of rotatable bonds is 10.